The lowest BCUT2D eigenvalue weighted by atomic mass is 10.1. The van der Waals surface area contributed by atoms with Crippen LogP contribution in [-0.2, 0) is 13.2 Å². The summed E-state index contributed by atoms with van der Waals surface area (Å²) >= 11 is 0. The maximum atomic E-state index is 13.3. The molecular formula is C12H8F4N2O. The molecule has 2 rings (SSSR count). The Morgan fingerprint density at radius 2 is 2.00 bits per heavy atom. The largest absolute Gasteiger partial charge is 0.419 e. The summed E-state index contributed by atoms with van der Waals surface area (Å²) in [4.78, 5) is 15.7. The highest BCUT2D eigenvalue weighted by Gasteiger charge is 2.34. The molecule has 0 N–H and O–H groups in total. The SMILES string of the molecule is Cn1ccnc1C(=O)c1ccc(C(F)(F)F)c(F)c1. The molecule has 0 saturated carbocycles. The van der Waals surface area contributed by atoms with Gasteiger partial charge in [0.05, 0.1) is 5.56 Å². The summed E-state index contributed by atoms with van der Waals surface area (Å²) in [6.07, 6.45) is -1.91. The highest BCUT2D eigenvalue weighted by atomic mass is 19.4. The Hall–Kier alpha value is -2.18. The van der Waals surface area contributed by atoms with Gasteiger partial charge in [0.2, 0.25) is 5.78 Å². The molecule has 2 aromatic rings. The Labute approximate surface area is 105 Å². The molecule has 0 radical (unpaired) electrons. The van der Waals surface area contributed by atoms with Gasteiger partial charge in [0.1, 0.15) is 5.82 Å². The van der Waals surface area contributed by atoms with Crippen molar-refractivity contribution in [1.29, 1.82) is 0 Å². The highest BCUT2D eigenvalue weighted by Crippen LogP contribution is 2.31. The Bertz CT molecular complexity index is 631. The van der Waals surface area contributed by atoms with Gasteiger partial charge in [-0.3, -0.25) is 4.79 Å². The van der Waals surface area contributed by atoms with Gasteiger partial charge in [-0.2, -0.15) is 13.2 Å². The second-order valence-electron chi connectivity index (χ2n) is 3.88. The van der Waals surface area contributed by atoms with Crippen molar-refractivity contribution in [3.63, 3.8) is 0 Å². The predicted octanol–water partition coefficient (Wildman–Crippen LogP) is 2.81. The molecule has 0 aliphatic carbocycles. The minimum atomic E-state index is -4.78. The summed E-state index contributed by atoms with van der Waals surface area (Å²) in [5.74, 6) is -2.09. The molecule has 0 atom stereocenters. The first-order valence-corrected chi connectivity index (χ1v) is 5.19. The van der Waals surface area contributed by atoms with Crippen molar-refractivity contribution < 1.29 is 22.4 Å². The van der Waals surface area contributed by atoms with E-state index in [9.17, 15) is 22.4 Å². The van der Waals surface area contributed by atoms with Crippen LogP contribution in [0.15, 0.2) is 30.6 Å². The zero-order chi connectivity index (χ0) is 14.2. The normalized spacial score (nSPS) is 11.6. The number of ketones is 1. The third kappa shape index (κ3) is 2.49. The number of carbonyl (C=O) groups excluding carboxylic acids is 1. The maximum absolute atomic E-state index is 13.3. The molecule has 0 bridgehead atoms. The first-order valence-electron chi connectivity index (χ1n) is 5.19. The van der Waals surface area contributed by atoms with E-state index in [1.54, 1.807) is 7.05 Å². The van der Waals surface area contributed by atoms with Crippen LogP contribution in [-0.4, -0.2) is 15.3 Å². The second kappa shape index (κ2) is 4.49. The molecule has 1 aromatic heterocycles. The van der Waals surface area contributed by atoms with Crippen molar-refractivity contribution >= 4 is 5.78 Å². The van der Waals surface area contributed by atoms with E-state index in [0.29, 0.717) is 12.1 Å². The molecular weight excluding hydrogens is 264 g/mol. The number of halogens is 4. The molecule has 1 heterocycles. The van der Waals surface area contributed by atoms with E-state index in [2.05, 4.69) is 4.98 Å². The molecule has 0 fully saturated rings. The summed E-state index contributed by atoms with van der Waals surface area (Å²) in [6.45, 7) is 0. The van der Waals surface area contributed by atoms with Gasteiger partial charge in [-0.25, -0.2) is 9.37 Å². The first-order chi connectivity index (χ1) is 8.80. The van der Waals surface area contributed by atoms with Gasteiger partial charge in [0.25, 0.3) is 0 Å². The lowest BCUT2D eigenvalue weighted by Crippen LogP contribution is -2.12. The van der Waals surface area contributed by atoms with E-state index < -0.39 is 23.3 Å². The van der Waals surface area contributed by atoms with Crippen LogP contribution in [0, 0.1) is 5.82 Å². The van der Waals surface area contributed by atoms with Crippen molar-refractivity contribution in [2.45, 2.75) is 6.18 Å². The van der Waals surface area contributed by atoms with Gasteiger partial charge < -0.3 is 4.57 Å². The van der Waals surface area contributed by atoms with Gasteiger partial charge in [-0.05, 0) is 12.1 Å². The zero-order valence-corrected chi connectivity index (χ0v) is 9.70. The summed E-state index contributed by atoms with van der Waals surface area (Å²) in [6, 6.07) is 2.05. The molecule has 0 spiro atoms. The lowest BCUT2D eigenvalue weighted by molar-refractivity contribution is -0.140. The minimum Gasteiger partial charge on any atom is -0.331 e. The van der Waals surface area contributed by atoms with Crippen LogP contribution in [0.5, 0.6) is 0 Å². The third-order valence-corrected chi connectivity index (χ3v) is 2.56. The van der Waals surface area contributed by atoms with Crippen LogP contribution in [0.3, 0.4) is 0 Å². The van der Waals surface area contributed by atoms with Gasteiger partial charge in [0.15, 0.2) is 5.82 Å². The summed E-state index contributed by atoms with van der Waals surface area (Å²) < 4.78 is 51.9. The van der Waals surface area contributed by atoms with E-state index in [-0.39, 0.29) is 11.4 Å². The van der Waals surface area contributed by atoms with Crippen molar-refractivity contribution in [1.82, 2.24) is 9.55 Å². The van der Waals surface area contributed by atoms with Crippen LogP contribution in [0.2, 0.25) is 0 Å². The first kappa shape index (κ1) is 13.3. The fourth-order valence-electron chi connectivity index (χ4n) is 1.60. The van der Waals surface area contributed by atoms with Crippen molar-refractivity contribution in [3.8, 4) is 0 Å². The smallest absolute Gasteiger partial charge is 0.331 e. The van der Waals surface area contributed by atoms with E-state index in [1.807, 2.05) is 0 Å². The van der Waals surface area contributed by atoms with E-state index >= 15 is 0 Å². The lowest BCUT2D eigenvalue weighted by Gasteiger charge is -2.08. The molecule has 19 heavy (non-hydrogen) atoms. The van der Waals surface area contributed by atoms with Crippen molar-refractivity contribution in [2.75, 3.05) is 0 Å². The molecule has 3 nitrogen and oxygen atoms in total. The quantitative estimate of drug-likeness (QED) is 0.622. The highest BCUT2D eigenvalue weighted by molar-refractivity contribution is 6.06. The molecule has 100 valence electrons. The summed E-state index contributed by atoms with van der Waals surface area (Å²) in [7, 11) is 1.56. The maximum Gasteiger partial charge on any atom is 0.419 e. The van der Waals surface area contributed by atoms with Crippen LogP contribution in [0.4, 0.5) is 17.6 Å². The fraction of sp³-hybridized carbons (Fsp3) is 0.167. The van der Waals surface area contributed by atoms with Crippen molar-refractivity contribution in [2.24, 2.45) is 7.05 Å². The van der Waals surface area contributed by atoms with Crippen molar-refractivity contribution in [3.05, 3.63) is 53.4 Å². The molecule has 0 amide bonds. The second-order valence-corrected chi connectivity index (χ2v) is 3.88. The Balaban J connectivity index is 2.41. The van der Waals surface area contributed by atoms with Crippen LogP contribution >= 0.6 is 0 Å². The monoisotopic (exact) mass is 272 g/mol. The number of carbonyl (C=O) groups is 1. The summed E-state index contributed by atoms with van der Waals surface area (Å²) in [5, 5.41) is 0. The van der Waals surface area contributed by atoms with Gasteiger partial charge in [-0.1, -0.05) is 6.07 Å². The van der Waals surface area contributed by atoms with Crippen LogP contribution in [0.25, 0.3) is 0 Å². The molecule has 0 saturated heterocycles. The molecule has 0 aliphatic rings. The summed E-state index contributed by atoms with van der Waals surface area (Å²) in [5.41, 5.74) is -1.58. The Morgan fingerprint density at radius 3 is 2.47 bits per heavy atom. The average Bonchev–Trinajstić information content (AvgIpc) is 2.72. The minimum absolute atomic E-state index is 0.0270. The molecule has 0 aliphatic heterocycles. The van der Waals surface area contributed by atoms with Gasteiger partial charge in [-0.15, -0.1) is 0 Å². The number of rotatable bonds is 2. The Morgan fingerprint density at radius 1 is 1.32 bits per heavy atom. The predicted molar refractivity (Wildman–Crippen MR) is 58.0 cm³/mol. The number of benzene rings is 1. The number of aromatic nitrogens is 2. The Kier molecular flexibility index (Phi) is 3.13. The zero-order valence-electron chi connectivity index (χ0n) is 9.70. The van der Waals surface area contributed by atoms with E-state index in [4.69, 9.17) is 0 Å². The average molecular weight is 272 g/mol. The van der Waals surface area contributed by atoms with E-state index in [0.717, 1.165) is 6.07 Å². The molecule has 1 aromatic carbocycles. The van der Waals surface area contributed by atoms with Gasteiger partial charge >= 0.3 is 6.18 Å². The fourth-order valence-corrected chi connectivity index (χ4v) is 1.60. The third-order valence-electron chi connectivity index (χ3n) is 2.56. The molecule has 7 heteroatoms. The number of hydrogen-bond donors (Lipinski definition) is 0. The number of imidazole rings is 1. The van der Waals surface area contributed by atoms with E-state index in [1.165, 1.54) is 17.0 Å². The number of alkyl halides is 3. The van der Waals surface area contributed by atoms with Gasteiger partial charge in [0, 0.05) is 25.0 Å². The van der Waals surface area contributed by atoms with Crippen LogP contribution < -0.4 is 0 Å². The number of aryl methyl sites for hydroxylation is 1. The number of hydrogen-bond acceptors (Lipinski definition) is 2. The standard InChI is InChI=1S/C12H8F4N2O/c1-18-5-4-17-11(18)10(19)7-2-3-8(9(13)6-7)12(14,15)16/h2-6H,1H3. The molecule has 0 unspecified atom stereocenters. The topological polar surface area (TPSA) is 34.9 Å². The van der Waals surface area contributed by atoms with Crippen LogP contribution in [0.1, 0.15) is 21.7 Å². The number of nitrogens with zero attached hydrogens (tertiary/aromatic N) is 2.